The number of nitrogens with zero attached hydrogens (tertiary/aromatic N) is 2. The Balaban J connectivity index is 1.65. The Hall–Kier alpha value is -1.47. The number of hydrogen-bond donors (Lipinski definition) is 2. The molecule has 2 saturated heterocycles. The molecule has 0 radical (unpaired) electrons. The van der Waals surface area contributed by atoms with Crippen molar-refractivity contribution in [2.24, 2.45) is 11.8 Å². The van der Waals surface area contributed by atoms with E-state index in [1.807, 2.05) is 0 Å². The fourth-order valence-electron chi connectivity index (χ4n) is 5.06. The minimum absolute atomic E-state index is 0.0665. The van der Waals surface area contributed by atoms with E-state index in [9.17, 15) is 14.4 Å². The van der Waals surface area contributed by atoms with Crippen LogP contribution in [0.3, 0.4) is 0 Å². The molecule has 3 rings (SSSR count). The lowest BCUT2D eigenvalue weighted by Crippen LogP contribution is -2.56. The van der Waals surface area contributed by atoms with Gasteiger partial charge >= 0.3 is 6.03 Å². The van der Waals surface area contributed by atoms with Gasteiger partial charge in [-0.25, -0.2) is 4.79 Å². The van der Waals surface area contributed by atoms with E-state index in [4.69, 9.17) is 0 Å². The van der Waals surface area contributed by atoms with Crippen molar-refractivity contribution in [1.82, 2.24) is 20.4 Å². The van der Waals surface area contributed by atoms with Gasteiger partial charge in [0.1, 0.15) is 5.78 Å². The molecule has 3 amide bonds. The molecule has 7 heteroatoms. The van der Waals surface area contributed by atoms with Crippen molar-refractivity contribution in [2.45, 2.75) is 70.4 Å². The molecule has 3 fully saturated rings. The maximum Gasteiger partial charge on any atom is 0.324 e. The van der Waals surface area contributed by atoms with Crippen LogP contribution in [0.25, 0.3) is 0 Å². The summed E-state index contributed by atoms with van der Waals surface area (Å²) in [6.45, 7) is 5.02. The normalized spacial score (nSPS) is 29.2. The molecule has 2 heterocycles. The fraction of sp³-hybridized carbons (Fsp3) is 0.857. The van der Waals surface area contributed by atoms with Gasteiger partial charge in [-0.3, -0.25) is 14.5 Å². The van der Waals surface area contributed by atoms with Crippen molar-refractivity contribution in [3.8, 4) is 0 Å². The Morgan fingerprint density at radius 2 is 2.00 bits per heavy atom. The first-order valence-electron chi connectivity index (χ1n) is 11.0. The maximum absolute atomic E-state index is 13.3. The Bertz CT molecular complexity index is 576. The summed E-state index contributed by atoms with van der Waals surface area (Å²) in [6.07, 6.45) is 6.42. The monoisotopic (exact) mass is 392 g/mol. The molecule has 28 heavy (non-hydrogen) atoms. The Labute approximate surface area is 168 Å². The zero-order chi connectivity index (χ0) is 20.1. The summed E-state index contributed by atoms with van der Waals surface area (Å²) >= 11 is 0. The lowest BCUT2D eigenvalue weighted by atomic mass is 9.74. The first-order valence-corrected chi connectivity index (χ1v) is 11.0. The van der Waals surface area contributed by atoms with Gasteiger partial charge in [0.15, 0.2) is 0 Å². The standard InChI is InChI=1S/C21H36N4O3/c1-3-4-11-25(21(28)23-17-7-9-22-10-8-17)20(27)16-12-15-13-18(26)5-6-19(15)24(2)14-16/h15-17,19,22H,3-14H2,1-2H3,(H,23,28)/t15-,16-,19-/m1/s1. The summed E-state index contributed by atoms with van der Waals surface area (Å²) < 4.78 is 0. The second-order valence-corrected chi connectivity index (χ2v) is 8.80. The highest BCUT2D eigenvalue weighted by atomic mass is 16.2. The van der Waals surface area contributed by atoms with E-state index in [0.29, 0.717) is 37.8 Å². The number of likely N-dealkylation sites (tertiary alicyclic amines) is 1. The predicted molar refractivity (Wildman–Crippen MR) is 108 cm³/mol. The zero-order valence-corrected chi connectivity index (χ0v) is 17.4. The van der Waals surface area contributed by atoms with Gasteiger partial charge in [-0.1, -0.05) is 13.3 Å². The molecule has 0 unspecified atom stereocenters. The number of piperidine rings is 2. The largest absolute Gasteiger partial charge is 0.335 e. The highest BCUT2D eigenvalue weighted by Gasteiger charge is 2.42. The molecule has 3 atom stereocenters. The van der Waals surface area contributed by atoms with Crippen LogP contribution in [-0.2, 0) is 9.59 Å². The maximum atomic E-state index is 13.3. The molecule has 0 spiro atoms. The van der Waals surface area contributed by atoms with Gasteiger partial charge in [-0.05, 0) is 58.2 Å². The number of carbonyl (C=O) groups excluding carboxylic acids is 3. The molecular formula is C21H36N4O3. The number of carbonyl (C=O) groups is 3. The highest BCUT2D eigenvalue weighted by Crippen LogP contribution is 2.36. The number of nitrogens with one attached hydrogen (secondary N) is 2. The third-order valence-electron chi connectivity index (χ3n) is 6.68. The van der Waals surface area contributed by atoms with Crippen LogP contribution in [0, 0.1) is 11.8 Å². The number of hydrogen-bond acceptors (Lipinski definition) is 5. The number of urea groups is 1. The lowest BCUT2D eigenvalue weighted by molar-refractivity contribution is -0.138. The van der Waals surface area contributed by atoms with Gasteiger partial charge in [0.25, 0.3) is 0 Å². The fourth-order valence-corrected chi connectivity index (χ4v) is 5.06. The molecule has 1 saturated carbocycles. The van der Waals surface area contributed by atoms with Gasteiger partial charge in [0, 0.05) is 38.0 Å². The Kier molecular flexibility index (Phi) is 7.46. The van der Waals surface area contributed by atoms with Gasteiger partial charge in [-0.15, -0.1) is 0 Å². The molecular weight excluding hydrogens is 356 g/mol. The minimum atomic E-state index is -0.241. The van der Waals surface area contributed by atoms with Crippen molar-refractivity contribution in [3.05, 3.63) is 0 Å². The van der Waals surface area contributed by atoms with Crippen LogP contribution in [0.1, 0.15) is 58.3 Å². The average molecular weight is 393 g/mol. The number of unbranched alkanes of at least 4 members (excludes halogenated alkanes) is 1. The summed E-state index contributed by atoms with van der Waals surface area (Å²) in [7, 11) is 2.05. The molecule has 1 aliphatic carbocycles. The molecule has 3 aliphatic rings. The third-order valence-corrected chi connectivity index (χ3v) is 6.68. The number of Topliss-reactive ketones (excluding diaryl/α,β-unsaturated/α-hetero) is 1. The second kappa shape index (κ2) is 9.83. The average Bonchev–Trinajstić information content (AvgIpc) is 2.68. The molecule has 0 aromatic carbocycles. The second-order valence-electron chi connectivity index (χ2n) is 8.80. The van der Waals surface area contributed by atoms with E-state index in [2.05, 4.69) is 29.5 Å². The summed E-state index contributed by atoms with van der Waals surface area (Å²) in [4.78, 5) is 41.9. The van der Waals surface area contributed by atoms with Crippen LogP contribution in [-0.4, -0.2) is 72.8 Å². The van der Waals surface area contributed by atoms with E-state index in [-0.39, 0.29) is 29.8 Å². The van der Waals surface area contributed by atoms with E-state index in [0.717, 1.165) is 51.6 Å². The Morgan fingerprint density at radius 3 is 2.71 bits per heavy atom. The first kappa shape index (κ1) is 21.2. The van der Waals surface area contributed by atoms with E-state index in [1.54, 1.807) is 0 Å². The van der Waals surface area contributed by atoms with Crippen LogP contribution >= 0.6 is 0 Å². The van der Waals surface area contributed by atoms with Gasteiger partial charge < -0.3 is 15.5 Å². The molecule has 7 nitrogen and oxygen atoms in total. The summed E-state index contributed by atoms with van der Waals surface area (Å²) in [5.41, 5.74) is 0. The number of rotatable bonds is 5. The van der Waals surface area contributed by atoms with Gasteiger partial charge in [0.2, 0.25) is 5.91 Å². The number of ketones is 1. The molecule has 0 bridgehead atoms. The summed E-state index contributed by atoms with van der Waals surface area (Å²) in [5.74, 6) is 0.291. The number of fused-ring (bicyclic) bond motifs is 1. The quantitative estimate of drug-likeness (QED) is 0.745. The van der Waals surface area contributed by atoms with Crippen molar-refractivity contribution in [2.75, 3.05) is 33.2 Å². The topological polar surface area (TPSA) is 81.8 Å². The van der Waals surface area contributed by atoms with E-state index >= 15 is 0 Å². The number of imide groups is 1. The summed E-state index contributed by atoms with van der Waals surface area (Å²) in [6, 6.07) is 0.296. The van der Waals surface area contributed by atoms with Crippen molar-refractivity contribution in [1.29, 1.82) is 0 Å². The van der Waals surface area contributed by atoms with Crippen LogP contribution in [0.15, 0.2) is 0 Å². The van der Waals surface area contributed by atoms with Gasteiger partial charge in [-0.2, -0.15) is 0 Å². The summed E-state index contributed by atoms with van der Waals surface area (Å²) in [5, 5.41) is 6.38. The Morgan fingerprint density at radius 1 is 1.25 bits per heavy atom. The molecule has 2 aliphatic heterocycles. The van der Waals surface area contributed by atoms with Crippen molar-refractivity contribution < 1.29 is 14.4 Å². The van der Waals surface area contributed by atoms with Crippen molar-refractivity contribution in [3.63, 3.8) is 0 Å². The SMILES string of the molecule is CCCCN(C(=O)NC1CCNCC1)C(=O)[C@@H]1C[C@@H]2CC(=O)CC[C@H]2N(C)C1. The van der Waals surface area contributed by atoms with Crippen LogP contribution in [0.4, 0.5) is 4.79 Å². The predicted octanol–water partition coefficient (Wildman–Crippen LogP) is 1.77. The number of amides is 3. The van der Waals surface area contributed by atoms with E-state index in [1.165, 1.54) is 4.90 Å². The smallest absolute Gasteiger partial charge is 0.324 e. The van der Waals surface area contributed by atoms with Crippen LogP contribution in [0.5, 0.6) is 0 Å². The minimum Gasteiger partial charge on any atom is -0.335 e. The van der Waals surface area contributed by atoms with Crippen LogP contribution < -0.4 is 10.6 Å². The van der Waals surface area contributed by atoms with Crippen molar-refractivity contribution >= 4 is 17.7 Å². The zero-order valence-electron chi connectivity index (χ0n) is 17.4. The third kappa shape index (κ3) is 5.11. The molecule has 2 N–H and O–H groups in total. The molecule has 158 valence electrons. The highest BCUT2D eigenvalue weighted by molar-refractivity contribution is 5.96. The van der Waals surface area contributed by atoms with Gasteiger partial charge in [0.05, 0.1) is 5.92 Å². The lowest BCUT2D eigenvalue weighted by Gasteiger charge is -2.45. The molecule has 0 aromatic heterocycles. The first-order chi connectivity index (χ1) is 13.5. The van der Waals surface area contributed by atoms with Crippen LogP contribution in [0.2, 0.25) is 0 Å². The van der Waals surface area contributed by atoms with E-state index < -0.39 is 0 Å². The molecule has 0 aromatic rings.